The Kier molecular flexibility index (Phi) is 6.16. The highest BCUT2D eigenvalue weighted by molar-refractivity contribution is 5.66. The van der Waals surface area contributed by atoms with Crippen LogP contribution < -0.4 is 24.8 Å². The van der Waals surface area contributed by atoms with E-state index in [0.717, 1.165) is 17.8 Å². The van der Waals surface area contributed by atoms with E-state index in [1.807, 2.05) is 18.2 Å². The number of hydrogen-bond acceptors (Lipinski definition) is 7. The lowest BCUT2D eigenvalue weighted by Gasteiger charge is -2.15. The van der Waals surface area contributed by atoms with Crippen molar-refractivity contribution < 1.29 is 14.2 Å². The van der Waals surface area contributed by atoms with Crippen LogP contribution in [-0.2, 0) is 6.42 Å². The second-order valence-corrected chi connectivity index (χ2v) is 5.98. The first-order valence-electron chi connectivity index (χ1n) is 8.92. The molecule has 2 N–H and O–H groups in total. The molecule has 0 aliphatic rings. The van der Waals surface area contributed by atoms with E-state index < -0.39 is 0 Å². The van der Waals surface area contributed by atoms with Crippen LogP contribution in [0, 0.1) is 0 Å². The number of nitrogens with one attached hydrogen (secondary N) is 2. The van der Waals surface area contributed by atoms with Crippen molar-refractivity contribution in [3.8, 4) is 17.2 Å². The molecule has 0 saturated carbocycles. The maximum absolute atomic E-state index is 5.38. The van der Waals surface area contributed by atoms with Gasteiger partial charge in [-0.25, -0.2) is 4.98 Å². The maximum Gasteiger partial charge on any atom is 0.229 e. The number of anilines is 4. The number of hydrogen-bond donors (Lipinski definition) is 2. The van der Waals surface area contributed by atoms with Gasteiger partial charge in [0.25, 0.3) is 0 Å². The van der Waals surface area contributed by atoms with Gasteiger partial charge < -0.3 is 24.8 Å². The van der Waals surface area contributed by atoms with Crippen LogP contribution in [-0.4, -0.2) is 31.3 Å². The van der Waals surface area contributed by atoms with Crippen LogP contribution in [0.5, 0.6) is 17.2 Å². The summed E-state index contributed by atoms with van der Waals surface area (Å²) in [4.78, 5) is 8.80. The molecule has 3 rings (SSSR count). The summed E-state index contributed by atoms with van der Waals surface area (Å²) in [6.07, 6.45) is 2.70. The molecule has 0 bridgehead atoms. The highest BCUT2D eigenvalue weighted by Crippen LogP contribution is 2.40. The molecule has 1 aromatic heterocycles. The van der Waals surface area contributed by atoms with Gasteiger partial charge in [0.15, 0.2) is 11.5 Å². The second-order valence-electron chi connectivity index (χ2n) is 5.98. The highest BCUT2D eigenvalue weighted by Gasteiger charge is 2.14. The summed E-state index contributed by atoms with van der Waals surface area (Å²) in [7, 11) is 4.72. The first-order valence-corrected chi connectivity index (χ1v) is 8.92. The summed E-state index contributed by atoms with van der Waals surface area (Å²) in [6, 6.07) is 13.7. The molecule has 0 amide bonds. The van der Waals surface area contributed by atoms with Gasteiger partial charge in [-0.1, -0.05) is 19.1 Å². The molecule has 0 saturated heterocycles. The molecule has 1 heterocycles. The number of aromatic nitrogens is 2. The number of aryl methyl sites for hydroxylation is 1. The summed E-state index contributed by atoms with van der Waals surface area (Å²) in [6.45, 7) is 2.13. The number of rotatable bonds is 8. The Morgan fingerprint density at radius 3 is 2.07 bits per heavy atom. The molecule has 2 aromatic carbocycles. The van der Waals surface area contributed by atoms with Gasteiger partial charge in [0.05, 0.1) is 21.3 Å². The fourth-order valence-electron chi connectivity index (χ4n) is 2.74. The lowest BCUT2D eigenvalue weighted by atomic mass is 10.1. The molecule has 7 heteroatoms. The van der Waals surface area contributed by atoms with E-state index in [-0.39, 0.29) is 0 Å². The molecule has 146 valence electrons. The van der Waals surface area contributed by atoms with Crippen molar-refractivity contribution in [2.45, 2.75) is 13.3 Å². The Morgan fingerprint density at radius 2 is 1.50 bits per heavy atom. The number of nitrogens with zero attached hydrogens (tertiary/aromatic N) is 2. The Morgan fingerprint density at radius 1 is 0.821 bits per heavy atom. The largest absolute Gasteiger partial charge is 0.493 e. The predicted octanol–water partition coefficient (Wildman–Crippen LogP) is 4.55. The minimum atomic E-state index is 0.449. The van der Waals surface area contributed by atoms with Gasteiger partial charge in [0.1, 0.15) is 5.82 Å². The van der Waals surface area contributed by atoms with Crippen molar-refractivity contribution in [2.24, 2.45) is 0 Å². The first kappa shape index (κ1) is 19.3. The van der Waals surface area contributed by atoms with Crippen LogP contribution >= 0.6 is 0 Å². The summed E-state index contributed by atoms with van der Waals surface area (Å²) >= 11 is 0. The third kappa shape index (κ3) is 4.43. The van der Waals surface area contributed by atoms with Gasteiger partial charge in [-0.3, -0.25) is 0 Å². The summed E-state index contributed by atoms with van der Waals surface area (Å²) < 4.78 is 16.1. The lowest BCUT2D eigenvalue weighted by molar-refractivity contribution is 0.324. The van der Waals surface area contributed by atoms with E-state index in [0.29, 0.717) is 29.0 Å². The minimum absolute atomic E-state index is 0.449. The summed E-state index contributed by atoms with van der Waals surface area (Å²) in [5.41, 5.74) is 2.98. The summed E-state index contributed by atoms with van der Waals surface area (Å²) in [5, 5.41) is 6.46. The van der Waals surface area contributed by atoms with Crippen molar-refractivity contribution in [3.05, 3.63) is 54.2 Å². The van der Waals surface area contributed by atoms with Gasteiger partial charge in [0, 0.05) is 29.7 Å². The van der Waals surface area contributed by atoms with Crippen LogP contribution in [0.1, 0.15) is 12.5 Å². The predicted molar refractivity (Wildman–Crippen MR) is 111 cm³/mol. The quantitative estimate of drug-likeness (QED) is 0.593. The van der Waals surface area contributed by atoms with Crippen molar-refractivity contribution in [3.63, 3.8) is 0 Å². The Bertz CT molecular complexity index is 904. The third-order valence-electron chi connectivity index (χ3n) is 4.21. The van der Waals surface area contributed by atoms with Crippen LogP contribution in [0.2, 0.25) is 0 Å². The first-order chi connectivity index (χ1) is 13.7. The van der Waals surface area contributed by atoms with Crippen LogP contribution in [0.15, 0.2) is 48.7 Å². The van der Waals surface area contributed by atoms with Crippen molar-refractivity contribution in [1.82, 2.24) is 9.97 Å². The SMILES string of the molecule is CCc1ccc(Nc2ccnc(Nc3cc(OC)c(OC)c(OC)c3)n2)cc1. The molecule has 7 nitrogen and oxygen atoms in total. The zero-order chi connectivity index (χ0) is 19.9. The van der Waals surface area contributed by atoms with Crippen LogP contribution in [0.25, 0.3) is 0 Å². The van der Waals surface area contributed by atoms with Crippen LogP contribution in [0.4, 0.5) is 23.1 Å². The van der Waals surface area contributed by atoms with E-state index >= 15 is 0 Å². The molecule has 28 heavy (non-hydrogen) atoms. The molecular formula is C21H24N4O3. The summed E-state index contributed by atoms with van der Waals surface area (Å²) in [5.74, 6) is 2.77. The monoisotopic (exact) mass is 380 g/mol. The molecule has 0 atom stereocenters. The molecule has 3 aromatic rings. The van der Waals surface area contributed by atoms with E-state index in [9.17, 15) is 0 Å². The average Bonchev–Trinajstić information content (AvgIpc) is 2.73. The van der Waals surface area contributed by atoms with Gasteiger partial charge in [0.2, 0.25) is 11.7 Å². The van der Waals surface area contributed by atoms with Crippen molar-refractivity contribution >= 4 is 23.1 Å². The van der Waals surface area contributed by atoms with E-state index in [1.54, 1.807) is 39.7 Å². The maximum atomic E-state index is 5.38. The Labute approximate surface area is 164 Å². The van der Waals surface area contributed by atoms with Gasteiger partial charge in [-0.15, -0.1) is 0 Å². The Balaban J connectivity index is 1.80. The van der Waals surface area contributed by atoms with Gasteiger partial charge in [-0.05, 0) is 30.2 Å². The zero-order valence-electron chi connectivity index (χ0n) is 16.4. The average molecular weight is 380 g/mol. The normalized spacial score (nSPS) is 10.3. The van der Waals surface area contributed by atoms with E-state index in [4.69, 9.17) is 14.2 Å². The fraction of sp³-hybridized carbons (Fsp3) is 0.238. The topological polar surface area (TPSA) is 77.5 Å². The number of benzene rings is 2. The smallest absolute Gasteiger partial charge is 0.229 e. The van der Waals surface area contributed by atoms with E-state index in [1.165, 1.54) is 5.56 Å². The molecule has 0 spiro atoms. The zero-order valence-corrected chi connectivity index (χ0v) is 16.4. The van der Waals surface area contributed by atoms with Crippen LogP contribution in [0.3, 0.4) is 0 Å². The molecule has 0 radical (unpaired) electrons. The molecule has 0 unspecified atom stereocenters. The molecule has 0 aliphatic carbocycles. The van der Waals surface area contributed by atoms with Crippen molar-refractivity contribution in [1.29, 1.82) is 0 Å². The number of methoxy groups -OCH3 is 3. The fourth-order valence-corrected chi connectivity index (χ4v) is 2.74. The molecular weight excluding hydrogens is 356 g/mol. The lowest BCUT2D eigenvalue weighted by Crippen LogP contribution is -2.02. The van der Waals surface area contributed by atoms with Gasteiger partial charge in [-0.2, -0.15) is 4.98 Å². The highest BCUT2D eigenvalue weighted by atomic mass is 16.5. The van der Waals surface area contributed by atoms with E-state index in [2.05, 4.69) is 39.7 Å². The minimum Gasteiger partial charge on any atom is -0.493 e. The van der Waals surface area contributed by atoms with Crippen molar-refractivity contribution in [2.75, 3.05) is 32.0 Å². The Hall–Kier alpha value is -3.48. The molecule has 0 aliphatic heterocycles. The van der Waals surface area contributed by atoms with Gasteiger partial charge >= 0.3 is 0 Å². The number of ether oxygens (including phenoxy) is 3. The standard InChI is InChI=1S/C21H24N4O3/c1-5-14-6-8-15(9-7-14)23-19-10-11-22-21(25-19)24-16-12-17(26-2)20(28-4)18(13-16)27-3/h6-13H,5H2,1-4H3,(H2,22,23,24,25). The third-order valence-corrected chi connectivity index (χ3v) is 4.21. The molecule has 0 fully saturated rings. The second kappa shape index (κ2) is 8.94.